The lowest BCUT2D eigenvalue weighted by molar-refractivity contribution is -0.433. The van der Waals surface area contributed by atoms with E-state index in [1.165, 1.54) is 17.0 Å². The number of nitrogens with zero attached hydrogens (tertiary/aromatic N) is 1. The zero-order chi connectivity index (χ0) is 16.6. The van der Waals surface area contributed by atoms with Gasteiger partial charge in [0.15, 0.2) is 5.71 Å². The summed E-state index contributed by atoms with van der Waals surface area (Å²) in [6.45, 7) is 9.58. The van der Waals surface area contributed by atoms with Gasteiger partial charge < -0.3 is 5.11 Å². The molecule has 2 heteroatoms. The van der Waals surface area contributed by atoms with Crippen molar-refractivity contribution in [2.45, 2.75) is 33.1 Å². The van der Waals surface area contributed by atoms with Crippen molar-refractivity contribution in [3.63, 3.8) is 0 Å². The molecule has 2 aromatic rings. The van der Waals surface area contributed by atoms with E-state index in [9.17, 15) is 5.11 Å². The molecule has 0 spiro atoms. The summed E-state index contributed by atoms with van der Waals surface area (Å²) >= 11 is 0. The van der Waals surface area contributed by atoms with Crippen LogP contribution in [0.4, 0.5) is 5.69 Å². The molecular weight excluding hydrogens is 282 g/mol. The lowest BCUT2D eigenvalue weighted by Gasteiger charge is -2.15. The van der Waals surface area contributed by atoms with Gasteiger partial charge in [0.1, 0.15) is 12.3 Å². The van der Waals surface area contributed by atoms with Crippen molar-refractivity contribution in [3.05, 3.63) is 65.2 Å². The minimum Gasteiger partial charge on any atom is -0.508 e. The molecule has 2 aromatic carbocycles. The van der Waals surface area contributed by atoms with Crippen LogP contribution >= 0.6 is 0 Å². The Balaban J connectivity index is 2.04. The fourth-order valence-electron chi connectivity index (χ4n) is 3.39. The molecule has 2 nitrogen and oxygen atoms in total. The average Bonchev–Trinajstić information content (AvgIpc) is 2.76. The molecule has 1 heterocycles. The maximum Gasteiger partial charge on any atom is 0.209 e. The van der Waals surface area contributed by atoms with Gasteiger partial charge in [0, 0.05) is 17.7 Å². The fourth-order valence-corrected chi connectivity index (χ4v) is 3.39. The summed E-state index contributed by atoms with van der Waals surface area (Å²) in [5.41, 5.74) is 5.86. The molecule has 0 aliphatic carbocycles. The summed E-state index contributed by atoms with van der Waals surface area (Å²) in [6.07, 6.45) is 4.28. The van der Waals surface area contributed by atoms with Crippen LogP contribution in [0.25, 0.3) is 6.08 Å². The van der Waals surface area contributed by atoms with Gasteiger partial charge in [-0.25, -0.2) is 0 Å². The Morgan fingerprint density at radius 1 is 1.09 bits per heavy atom. The standard InChI is InChI=1S/C21H23NO/c1-5-22-18-9-7-6-8-17(18)21(3,4)20(22)13-12-16-11-10-15(2)19(23)14-16/h6-14H,5H2,1-4H3/p+1/b13-12+. The fraction of sp³-hybridized carbons (Fsp3) is 0.286. The first-order valence-electron chi connectivity index (χ1n) is 8.17. The third kappa shape index (κ3) is 2.59. The number of phenols is 1. The third-order valence-corrected chi connectivity index (χ3v) is 4.78. The topological polar surface area (TPSA) is 23.2 Å². The molecule has 1 aliphatic heterocycles. The Hall–Kier alpha value is -2.35. The van der Waals surface area contributed by atoms with E-state index in [2.05, 4.69) is 61.8 Å². The Bertz CT molecular complexity index is 812. The average molecular weight is 306 g/mol. The van der Waals surface area contributed by atoms with Crippen LogP contribution in [0.1, 0.15) is 37.5 Å². The first kappa shape index (κ1) is 15.5. The molecule has 0 unspecified atom stereocenters. The molecule has 0 bridgehead atoms. The Labute approximate surface area is 138 Å². The number of aromatic hydroxyl groups is 1. The number of phenolic OH excluding ortho intramolecular Hbond substituents is 1. The van der Waals surface area contributed by atoms with Crippen molar-refractivity contribution in [1.29, 1.82) is 0 Å². The van der Waals surface area contributed by atoms with Crippen molar-refractivity contribution in [2.75, 3.05) is 6.54 Å². The van der Waals surface area contributed by atoms with E-state index in [0.29, 0.717) is 5.75 Å². The maximum absolute atomic E-state index is 9.88. The van der Waals surface area contributed by atoms with Gasteiger partial charge in [-0.2, -0.15) is 4.58 Å². The van der Waals surface area contributed by atoms with Crippen molar-refractivity contribution >= 4 is 17.5 Å². The van der Waals surface area contributed by atoms with E-state index in [-0.39, 0.29) is 5.41 Å². The van der Waals surface area contributed by atoms with Gasteiger partial charge in [-0.1, -0.05) is 30.3 Å². The maximum atomic E-state index is 9.88. The second-order valence-corrected chi connectivity index (χ2v) is 6.65. The third-order valence-electron chi connectivity index (χ3n) is 4.78. The molecule has 0 aromatic heterocycles. The number of fused-ring (bicyclic) bond motifs is 1. The molecule has 0 fully saturated rings. The number of rotatable bonds is 3. The monoisotopic (exact) mass is 306 g/mol. The first-order valence-corrected chi connectivity index (χ1v) is 8.17. The number of para-hydroxylation sites is 1. The van der Waals surface area contributed by atoms with Gasteiger partial charge in [0.05, 0.1) is 5.41 Å². The van der Waals surface area contributed by atoms with E-state index < -0.39 is 0 Å². The number of allylic oxidation sites excluding steroid dienone is 1. The van der Waals surface area contributed by atoms with Crippen LogP contribution in [-0.2, 0) is 5.41 Å². The highest BCUT2D eigenvalue weighted by molar-refractivity contribution is 6.05. The highest BCUT2D eigenvalue weighted by Gasteiger charge is 2.43. The van der Waals surface area contributed by atoms with Crippen LogP contribution in [0.5, 0.6) is 5.75 Å². The van der Waals surface area contributed by atoms with Gasteiger partial charge in [-0.15, -0.1) is 0 Å². The van der Waals surface area contributed by atoms with Crippen molar-refractivity contribution in [2.24, 2.45) is 0 Å². The van der Waals surface area contributed by atoms with E-state index in [0.717, 1.165) is 17.7 Å². The summed E-state index contributed by atoms with van der Waals surface area (Å²) in [5, 5.41) is 9.88. The molecule has 0 amide bonds. The molecule has 0 radical (unpaired) electrons. The second-order valence-electron chi connectivity index (χ2n) is 6.65. The van der Waals surface area contributed by atoms with E-state index in [4.69, 9.17) is 0 Å². The molecule has 0 saturated heterocycles. The summed E-state index contributed by atoms with van der Waals surface area (Å²) in [6, 6.07) is 14.4. The number of benzene rings is 2. The summed E-state index contributed by atoms with van der Waals surface area (Å²) < 4.78 is 2.37. The highest BCUT2D eigenvalue weighted by Crippen LogP contribution is 2.39. The molecular formula is C21H24NO+. The molecule has 0 saturated carbocycles. The van der Waals surface area contributed by atoms with Crippen LogP contribution in [0.3, 0.4) is 0 Å². The van der Waals surface area contributed by atoms with Gasteiger partial charge >= 0.3 is 0 Å². The van der Waals surface area contributed by atoms with Gasteiger partial charge in [0.25, 0.3) is 0 Å². The predicted octanol–water partition coefficient (Wildman–Crippen LogP) is 4.81. The van der Waals surface area contributed by atoms with Crippen LogP contribution < -0.4 is 0 Å². The minimum atomic E-state index is -0.0180. The van der Waals surface area contributed by atoms with E-state index in [1.807, 2.05) is 25.1 Å². The lowest BCUT2D eigenvalue weighted by atomic mass is 9.81. The molecule has 0 atom stereocenters. The quantitative estimate of drug-likeness (QED) is 0.808. The zero-order valence-corrected chi connectivity index (χ0v) is 14.3. The van der Waals surface area contributed by atoms with Gasteiger partial charge in [-0.3, -0.25) is 0 Å². The smallest absolute Gasteiger partial charge is 0.209 e. The normalized spacial score (nSPS) is 16.2. The summed E-state index contributed by atoms with van der Waals surface area (Å²) in [7, 11) is 0. The molecule has 118 valence electrons. The number of aryl methyl sites for hydroxylation is 1. The Morgan fingerprint density at radius 2 is 1.83 bits per heavy atom. The van der Waals surface area contributed by atoms with Crippen LogP contribution in [0.15, 0.2) is 48.5 Å². The summed E-state index contributed by atoms with van der Waals surface area (Å²) in [5.74, 6) is 0.346. The largest absolute Gasteiger partial charge is 0.508 e. The SMILES string of the molecule is CC[N+]1=C(/C=C/c2ccc(C)c(O)c2)C(C)(C)c2ccccc21. The van der Waals surface area contributed by atoms with E-state index in [1.54, 1.807) is 0 Å². The Kier molecular flexibility index (Phi) is 3.85. The summed E-state index contributed by atoms with van der Waals surface area (Å²) in [4.78, 5) is 0. The second kappa shape index (κ2) is 5.69. The number of hydrogen-bond donors (Lipinski definition) is 1. The predicted molar refractivity (Wildman–Crippen MR) is 96.8 cm³/mol. The zero-order valence-electron chi connectivity index (χ0n) is 14.3. The van der Waals surface area contributed by atoms with Crippen molar-refractivity contribution < 1.29 is 9.68 Å². The lowest BCUT2D eigenvalue weighted by Crippen LogP contribution is -2.27. The van der Waals surface area contributed by atoms with Crippen LogP contribution in [-0.4, -0.2) is 21.9 Å². The van der Waals surface area contributed by atoms with Crippen LogP contribution in [0.2, 0.25) is 0 Å². The Morgan fingerprint density at radius 3 is 2.52 bits per heavy atom. The molecule has 23 heavy (non-hydrogen) atoms. The molecule has 1 aliphatic rings. The minimum absolute atomic E-state index is 0.0180. The van der Waals surface area contributed by atoms with E-state index >= 15 is 0 Å². The first-order chi connectivity index (χ1) is 10.9. The number of hydrogen-bond acceptors (Lipinski definition) is 1. The molecule has 1 N–H and O–H groups in total. The van der Waals surface area contributed by atoms with Crippen molar-refractivity contribution in [1.82, 2.24) is 0 Å². The molecule has 3 rings (SSSR count). The van der Waals surface area contributed by atoms with Gasteiger partial charge in [-0.05, 0) is 51.0 Å². The van der Waals surface area contributed by atoms with Crippen molar-refractivity contribution in [3.8, 4) is 5.75 Å². The highest BCUT2D eigenvalue weighted by atomic mass is 16.3. The van der Waals surface area contributed by atoms with Crippen LogP contribution in [0, 0.1) is 6.92 Å². The van der Waals surface area contributed by atoms with Gasteiger partial charge in [0.2, 0.25) is 5.69 Å².